The minimum absolute atomic E-state index is 0.384. The number of aromatic nitrogens is 3. The van der Waals surface area contributed by atoms with Crippen LogP contribution >= 0.6 is 11.6 Å². The molecular weight excluding hydrogens is 214 g/mol. The van der Waals surface area contributed by atoms with Crippen LogP contribution in [0, 0.1) is 0 Å². The van der Waals surface area contributed by atoms with Gasteiger partial charge in [-0.2, -0.15) is 0 Å². The van der Waals surface area contributed by atoms with Crippen molar-refractivity contribution >= 4 is 11.6 Å². The predicted molar refractivity (Wildman–Crippen MR) is 56.8 cm³/mol. The SMILES string of the molecule is Cn1c(Cl)cnc1COc1cccnc1. The molecule has 0 saturated carbocycles. The Morgan fingerprint density at radius 1 is 1.47 bits per heavy atom. The van der Waals surface area contributed by atoms with Gasteiger partial charge in [-0.15, -0.1) is 0 Å². The number of pyridine rings is 1. The molecule has 2 rings (SSSR count). The van der Waals surface area contributed by atoms with E-state index < -0.39 is 0 Å². The zero-order valence-electron chi connectivity index (χ0n) is 8.22. The second kappa shape index (κ2) is 4.31. The fourth-order valence-electron chi connectivity index (χ4n) is 1.14. The van der Waals surface area contributed by atoms with E-state index in [9.17, 15) is 0 Å². The van der Waals surface area contributed by atoms with Gasteiger partial charge in [0.15, 0.2) is 0 Å². The Labute approximate surface area is 92.5 Å². The largest absolute Gasteiger partial charge is 0.484 e. The fourth-order valence-corrected chi connectivity index (χ4v) is 1.29. The van der Waals surface area contributed by atoms with E-state index in [1.165, 1.54) is 0 Å². The Morgan fingerprint density at radius 3 is 2.93 bits per heavy atom. The Balaban J connectivity index is 2.02. The van der Waals surface area contributed by atoms with Gasteiger partial charge in [0.25, 0.3) is 0 Å². The van der Waals surface area contributed by atoms with E-state index in [0.717, 1.165) is 11.6 Å². The van der Waals surface area contributed by atoms with Crippen molar-refractivity contribution in [2.24, 2.45) is 7.05 Å². The number of ether oxygens (including phenoxy) is 1. The van der Waals surface area contributed by atoms with Gasteiger partial charge in [0.2, 0.25) is 0 Å². The minimum Gasteiger partial charge on any atom is -0.484 e. The van der Waals surface area contributed by atoms with Crippen LogP contribution in [0.25, 0.3) is 0 Å². The van der Waals surface area contributed by atoms with Gasteiger partial charge in [-0.25, -0.2) is 4.98 Å². The number of imidazole rings is 1. The average molecular weight is 224 g/mol. The van der Waals surface area contributed by atoms with Crippen LogP contribution in [0.2, 0.25) is 5.15 Å². The van der Waals surface area contributed by atoms with Crippen LogP contribution in [-0.2, 0) is 13.7 Å². The lowest BCUT2D eigenvalue weighted by Gasteiger charge is -2.05. The van der Waals surface area contributed by atoms with E-state index in [2.05, 4.69) is 9.97 Å². The predicted octanol–water partition coefficient (Wildman–Crippen LogP) is 2.05. The summed E-state index contributed by atoms with van der Waals surface area (Å²) in [6.07, 6.45) is 4.96. The maximum atomic E-state index is 5.84. The summed E-state index contributed by atoms with van der Waals surface area (Å²) in [5.41, 5.74) is 0. The average Bonchev–Trinajstić information content (AvgIpc) is 2.59. The molecule has 15 heavy (non-hydrogen) atoms. The third-order valence-corrected chi connectivity index (χ3v) is 2.38. The highest BCUT2D eigenvalue weighted by Crippen LogP contribution is 2.12. The van der Waals surface area contributed by atoms with E-state index in [1.54, 1.807) is 23.2 Å². The molecule has 0 atom stereocenters. The Kier molecular flexibility index (Phi) is 2.87. The highest BCUT2D eigenvalue weighted by Gasteiger charge is 2.04. The number of halogens is 1. The second-order valence-corrected chi connectivity index (χ2v) is 3.42. The molecular formula is C10H10ClN3O. The summed E-state index contributed by atoms with van der Waals surface area (Å²) in [5, 5.41) is 0.597. The van der Waals surface area contributed by atoms with Crippen molar-refractivity contribution in [2.45, 2.75) is 6.61 Å². The third kappa shape index (κ3) is 2.27. The van der Waals surface area contributed by atoms with Crippen molar-refractivity contribution in [2.75, 3.05) is 0 Å². The number of rotatable bonds is 3. The first-order valence-corrected chi connectivity index (χ1v) is 4.84. The topological polar surface area (TPSA) is 39.9 Å². The lowest BCUT2D eigenvalue weighted by atomic mass is 10.5. The van der Waals surface area contributed by atoms with Crippen molar-refractivity contribution < 1.29 is 4.74 Å². The molecule has 0 aliphatic rings. The Morgan fingerprint density at radius 2 is 2.33 bits per heavy atom. The van der Waals surface area contributed by atoms with Crippen LogP contribution in [0.15, 0.2) is 30.7 Å². The molecule has 78 valence electrons. The molecule has 0 amide bonds. The molecule has 0 radical (unpaired) electrons. The van der Waals surface area contributed by atoms with Crippen LogP contribution < -0.4 is 4.74 Å². The lowest BCUT2D eigenvalue weighted by molar-refractivity contribution is 0.290. The number of hydrogen-bond donors (Lipinski definition) is 0. The van der Waals surface area contributed by atoms with E-state index in [-0.39, 0.29) is 0 Å². The molecule has 4 nitrogen and oxygen atoms in total. The maximum absolute atomic E-state index is 5.84. The molecule has 0 N–H and O–H groups in total. The monoisotopic (exact) mass is 223 g/mol. The molecule has 0 spiro atoms. The Hall–Kier alpha value is -1.55. The highest BCUT2D eigenvalue weighted by molar-refractivity contribution is 6.29. The zero-order valence-corrected chi connectivity index (χ0v) is 8.98. The maximum Gasteiger partial charge on any atom is 0.147 e. The van der Waals surface area contributed by atoms with Crippen LogP contribution in [-0.4, -0.2) is 14.5 Å². The van der Waals surface area contributed by atoms with E-state index in [1.807, 2.05) is 19.2 Å². The van der Waals surface area contributed by atoms with Gasteiger partial charge < -0.3 is 9.30 Å². The van der Waals surface area contributed by atoms with Crippen molar-refractivity contribution in [3.8, 4) is 5.75 Å². The van der Waals surface area contributed by atoms with Crippen molar-refractivity contribution in [1.82, 2.24) is 14.5 Å². The first-order chi connectivity index (χ1) is 7.27. The van der Waals surface area contributed by atoms with Gasteiger partial charge in [-0.05, 0) is 12.1 Å². The third-order valence-electron chi connectivity index (χ3n) is 2.03. The summed E-state index contributed by atoms with van der Waals surface area (Å²) in [6.45, 7) is 0.384. The molecule has 0 aliphatic heterocycles. The van der Waals surface area contributed by atoms with Crippen LogP contribution in [0.5, 0.6) is 5.75 Å². The summed E-state index contributed by atoms with van der Waals surface area (Å²) in [5.74, 6) is 1.50. The summed E-state index contributed by atoms with van der Waals surface area (Å²) in [4.78, 5) is 8.06. The van der Waals surface area contributed by atoms with Gasteiger partial charge in [0.1, 0.15) is 23.3 Å². The van der Waals surface area contributed by atoms with Crippen LogP contribution in [0.4, 0.5) is 0 Å². The van der Waals surface area contributed by atoms with Crippen LogP contribution in [0.1, 0.15) is 5.82 Å². The van der Waals surface area contributed by atoms with E-state index >= 15 is 0 Å². The van der Waals surface area contributed by atoms with Gasteiger partial charge in [0, 0.05) is 13.2 Å². The molecule has 0 bridgehead atoms. The van der Waals surface area contributed by atoms with Gasteiger partial charge >= 0.3 is 0 Å². The molecule has 5 heteroatoms. The summed E-state index contributed by atoms with van der Waals surface area (Å²) in [6, 6.07) is 3.66. The first kappa shape index (κ1) is 9.98. The summed E-state index contributed by atoms with van der Waals surface area (Å²) in [7, 11) is 1.84. The molecule has 0 unspecified atom stereocenters. The summed E-state index contributed by atoms with van der Waals surface area (Å²) < 4.78 is 7.26. The smallest absolute Gasteiger partial charge is 0.147 e. The fraction of sp³-hybridized carbons (Fsp3) is 0.200. The Bertz CT molecular complexity index is 441. The van der Waals surface area contributed by atoms with Crippen molar-refractivity contribution in [3.63, 3.8) is 0 Å². The summed E-state index contributed by atoms with van der Waals surface area (Å²) >= 11 is 5.84. The highest BCUT2D eigenvalue weighted by atomic mass is 35.5. The minimum atomic E-state index is 0.384. The molecule has 0 aliphatic carbocycles. The van der Waals surface area contributed by atoms with E-state index in [0.29, 0.717) is 11.8 Å². The van der Waals surface area contributed by atoms with Gasteiger partial charge in [-0.3, -0.25) is 4.98 Å². The lowest BCUT2D eigenvalue weighted by Crippen LogP contribution is -2.03. The molecule has 0 saturated heterocycles. The molecule has 0 aromatic carbocycles. The number of hydrogen-bond acceptors (Lipinski definition) is 3. The van der Waals surface area contributed by atoms with Crippen LogP contribution in [0.3, 0.4) is 0 Å². The second-order valence-electron chi connectivity index (χ2n) is 3.03. The van der Waals surface area contributed by atoms with Gasteiger partial charge in [0.05, 0.1) is 12.4 Å². The number of nitrogens with zero attached hydrogens (tertiary/aromatic N) is 3. The standard InChI is InChI=1S/C10H10ClN3O/c1-14-9(11)6-13-10(14)7-15-8-3-2-4-12-5-8/h2-6H,7H2,1H3. The van der Waals surface area contributed by atoms with Crippen molar-refractivity contribution in [1.29, 1.82) is 0 Å². The molecule has 2 heterocycles. The first-order valence-electron chi connectivity index (χ1n) is 4.46. The zero-order chi connectivity index (χ0) is 10.7. The normalized spacial score (nSPS) is 10.3. The van der Waals surface area contributed by atoms with Crippen molar-refractivity contribution in [3.05, 3.63) is 41.7 Å². The molecule has 2 aromatic heterocycles. The quantitative estimate of drug-likeness (QED) is 0.800. The molecule has 0 fully saturated rings. The van der Waals surface area contributed by atoms with Gasteiger partial charge in [-0.1, -0.05) is 11.6 Å². The molecule has 2 aromatic rings. The van der Waals surface area contributed by atoms with E-state index in [4.69, 9.17) is 16.3 Å².